The van der Waals surface area contributed by atoms with Crippen molar-refractivity contribution in [2.75, 3.05) is 0 Å². The number of hydrogen-bond acceptors (Lipinski definition) is 1. The fourth-order valence-corrected chi connectivity index (χ4v) is 0. The van der Waals surface area contributed by atoms with Crippen LogP contribution in [-0.4, -0.2) is 5.84 Å². The van der Waals surface area contributed by atoms with Crippen molar-refractivity contribution < 1.29 is 19.5 Å². The molecular formula is C2H6N2Zn. The zero-order valence-electron chi connectivity index (χ0n) is 3.28. The van der Waals surface area contributed by atoms with Gasteiger partial charge in [-0.1, -0.05) is 0 Å². The molecule has 0 heterocycles. The summed E-state index contributed by atoms with van der Waals surface area (Å²) in [7, 11) is 0. The predicted molar refractivity (Wildman–Crippen MR) is 17.6 cm³/mol. The van der Waals surface area contributed by atoms with Crippen molar-refractivity contribution in [1.29, 1.82) is 5.41 Å². The molecule has 2 nitrogen and oxygen atoms in total. The molecule has 0 unspecified atom stereocenters. The summed E-state index contributed by atoms with van der Waals surface area (Å²) >= 11 is 0. The summed E-state index contributed by atoms with van der Waals surface area (Å²) in [5, 5.41) is 6.28. The average molecular weight is 123 g/mol. The van der Waals surface area contributed by atoms with Gasteiger partial charge in [0.2, 0.25) is 0 Å². The van der Waals surface area contributed by atoms with Crippen LogP contribution in [0.5, 0.6) is 0 Å². The van der Waals surface area contributed by atoms with Crippen molar-refractivity contribution in [3.05, 3.63) is 0 Å². The van der Waals surface area contributed by atoms with Gasteiger partial charge in [0, 0.05) is 19.5 Å². The first-order valence-corrected chi connectivity index (χ1v) is 1.04. The largest absolute Gasteiger partial charge is 0.388 e. The topological polar surface area (TPSA) is 49.9 Å². The molecule has 3 heteroatoms. The molecule has 0 atom stereocenters. The number of amidine groups is 1. The van der Waals surface area contributed by atoms with Crippen molar-refractivity contribution in [2.24, 2.45) is 5.73 Å². The third-order valence-electron chi connectivity index (χ3n) is 0. The van der Waals surface area contributed by atoms with Crippen LogP contribution in [0, 0.1) is 5.41 Å². The van der Waals surface area contributed by atoms with Gasteiger partial charge in [-0.15, -0.1) is 0 Å². The second kappa shape index (κ2) is 4.09. The van der Waals surface area contributed by atoms with E-state index in [0.717, 1.165) is 0 Å². The van der Waals surface area contributed by atoms with Crippen LogP contribution < -0.4 is 5.73 Å². The quantitative estimate of drug-likeness (QED) is 0.265. The molecule has 0 aromatic heterocycles. The molecule has 0 aliphatic carbocycles. The molecule has 0 aromatic rings. The van der Waals surface area contributed by atoms with Crippen LogP contribution in [0.25, 0.3) is 0 Å². The van der Waals surface area contributed by atoms with Crippen molar-refractivity contribution in [3.63, 3.8) is 0 Å². The van der Waals surface area contributed by atoms with E-state index >= 15 is 0 Å². The summed E-state index contributed by atoms with van der Waals surface area (Å²) < 4.78 is 0. The molecule has 0 spiro atoms. The summed E-state index contributed by atoms with van der Waals surface area (Å²) in [4.78, 5) is 0. The zero-order valence-corrected chi connectivity index (χ0v) is 6.25. The number of hydrogen-bond donors (Lipinski definition) is 2. The van der Waals surface area contributed by atoms with Gasteiger partial charge >= 0.3 is 0 Å². The Morgan fingerprint density at radius 1 is 1.80 bits per heavy atom. The van der Waals surface area contributed by atoms with E-state index in [1.807, 2.05) is 0 Å². The van der Waals surface area contributed by atoms with Gasteiger partial charge in [0.1, 0.15) is 0 Å². The van der Waals surface area contributed by atoms with Crippen molar-refractivity contribution in [2.45, 2.75) is 6.92 Å². The van der Waals surface area contributed by atoms with E-state index in [2.05, 4.69) is 0 Å². The summed E-state index contributed by atoms with van der Waals surface area (Å²) in [6.07, 6.45) is 0. The number of nitrogens with one attached hydrogen (secondary N) is 1. The molecule has 0 aliphatic heterocycles. The summed E-state index contributed by atoms with van der Waals surface area (Å²) in [5.74, 6) is 0.167. The van der Waals surface area contributed by atoms with Crippen LogP contribution in [0.2, 0.25) is 0 Å². The van der Waals surface area contributed by atoms with Gasteiger partial charge in [0.25, 0.3) is 0 Å². The summed E-state index contributed by atoms with van der Waals surface area (Å²) in [5.41, 5.74) is 4.69. The maximum Gasteiger partial charge on any atom is 0.0873 e. The standard InChI is InChI=1S/C2H6N2.Zn/c1-2(3)4;/h1H3,(H3,3,4);. The van der Waals surface area contributed by atoms with Crippen LogP contribution in [-0.2, 0) is 19.5 Å². The second-order valence-corrected chi connectivity index (χ2v) is 0.683. The molecule has 0 saturated carbocycles. The van der Waals surface area contributed by atoms with Crippen LogP contribution in [0.1, 0.15) is 6.92 Å². The Bertz CT molecular complexity index is 30.6. The summed E-state index contributed by atoms with van der Waals surface area (Å²) in [6.45, 7) is 1.53. The van der Waals surface area contributed by atoms with E-state index in [9.17, 15) is 0 Å². The summed E-state index contributed by atoms with van der Waals surface area (Å²) in [6, 6.07) is 0. The molecule has 5 heavy (non-hydrogen) atoms. The molecule has 0 fully saturated rings. The van der Waals surface area contributed by atoms with Crippen molar-refractivity contribution >= 4 is 5.84 Å². The smallest absolute Gasteiger partial charge is 0.0873 e. The van der Waals surface area contributed by atoms with Gasteiger partial charge in [0.05, 0.1) is 5.84 Å². The number of rotatable bonds is 0. The molecule has 0 aliphatic rings. The first-order chi connectivity index (χ1) is 1.73. The van der Waals surface area contributed by atoms with E-state index < -0.39 is 0 Å². The van der Waals surface area contributed by atoms with E-state index in [-0.39, 0.29) is 25.3 Å². The Kier molecular flexibility index (Phi) is 7.30. The third-order valence-corrected chi connectivity index (χ3v) is 0. The van der Waals surface area contributed by atoms with Gasteiger partial charge < -0.3 is 5.73 Å². The predicted octanol–water partition coefficient (Wildman–Crippen LogP) is -0.0602. The molecule has 26 valence electrons. The molecular weight excluding hydrogens is 117 g/mol. The van der Waals surface area contributed by atoms with E-state index in [1.54, 1.807) is 0 Å². The Morgan fingerprint density at radius 3 is 1.80 bits per heavy atom. The Hall–Kier alpha value is 0.0934. The van der Waals surface area contributed by atoms with Crippen LogP contribution in [0.3, 0.4) is 0 Å². The van der Waals surface area contributed by atoms with Crippen molar-refractivity contribution in [1.82, 2.24) is 0 Å². The van der Waals surface area contributed by atoms with Gasteiger partial charge in [-0.25, -0.2) is 0 Å². The SMILES string of the molecule is CC(=N)N.[Zn]. The van der Waals surface area contributed by atoms with E-state index in [4.69, 9.17) is 11.1 Å². The average Bonchev–Trinajstić information content (AvgIpc) is 0.811. The molecule has 0 amide bonds. The zero-order chi connectivity index (χ0) is 3.58. The first-order valence-electron chi connectivity index (χ1n) is 1.04. The molecule has 0 aromatic carbocycles. The Balaban J connectivity index is 0. The monoisotopic (exact) mass is 122 g/mol. The normalized spacial score (nSPS) is 5.00. The van der Waals surface area contributed by atoms with Crippen LogP contribution in [0.4, 0.5) is 0 Å². The Morgan fingerprint density at radius 2 is 1.80 bits per heavy atom. The molecule has 3 N–H and O–H groups in total. The molecule has 0 bridgehead atoms. The first kappa shape index (κ1) is 8.92. The molecule has 0 radical (unpaired) electrons. The van der Waals surface area contributed by atoms with E-state index in [1.165, 1.54) is 6.92 Å². The van der Waals surface area contributed by atoms with Crippen LogP contribution in [0.15, 0.2) is 0 Å². The maximum absolute atomic E-state index is 6.28. The fraction of sp³-hybridized carbons (Fsp3) is 0.500. The Labute approximate surface area is 44.0 Å². The van der Waals surface area contributed by atoms with Crippen LogP contribution >= 0.6 is 0 Å². The number of nitrogens with two attached hydrogens (primary N) is 1. The maximum atomic E-state index is 6.28. The van der Waals surface area contributed by atoms with Gasteiger partial charge in [-0.2, -0.15) is 0 Å². The second-order valence-electron chi connectivity index (χ2n) is 0.683. The van der Waals surface area contributed by atoms with Gasteiger partial charge in [-0.3, -0.25) is 5.41 Å². The van der Waals surface area contributed by atoms with Crippen molar-refractivity contribution in [3.8, 4) is 0 Å². The minimum atomic E-state index is 0. The van der Waals surface area contributed by atoms with Gasteiger partial charge in [-0.05, 0) is 6.92 Å². The minimum absolute atomic E-state index is 0. The molecule has 0 saturated heterocycles. The molecule has 0 rings (SSSR count). The third kappa shape index (κ3) is 2060. The minimum Gasteiger partial charge on any atom is -0.388 e. The van der Waals surface area contributed by atoms with E-state index in [0.29, 0.717) is 0 Å². The van der Waals surface area contributed by atoms with Gasteiger partial charge in [0.15, 0.2) is 0 Å². The fourth-order valence-electron chi connectivity index (χ4n) is 0.